The van der Waals surface area contributed by atoms with Gasteiger partial charge in [-0.15, -0.1) is 0 Å². The molecule has 0 bridgehead atoms. The predicted molar refractivity (Wildman–Crippen MR) is 96.5 cm³/mol. The van der Waals surface area contributed by atoms with E-state index >= 15 is 0 Å². The first kappa shape index (κ1) is 16.9. The highest BCUT2D eigenvalue weighted by atomic mass is 35.5. The third-order valence-corrected chi connectivity index (χ3v) is 3.82. The van der Waals surface area contributed by atoms with Crippen molar-refractivity contribution in [1.82, 2.24) is 14.8 Å². The monoisotopic (exact) mass is 354 g/mol. The molecule has 0 spiro atoms. The lowest BCUT2D eigenvalue weighted by molar-refractivity contribution is -0.117. The van der Waals surface area contributed by atoms with Gasteiger partial charge in [0.2, 0.25) is 5.91 Å². The van der Waals surface area contributed by atoms with Crippen LogP contribution in [0, 0.1) is 6.92 Å². The number of halogens is 1. The minimum Gasteiger partial charge on any atom is -0.324 e. The van der Waals surface area contributed by atoms with Crippen LogP contribution in [0.5, 0.6) is 0 Å². The Kier molecular flexibility index (Phi) is 4.90. The van der Waals surface area contributed by atoms with Crippen LogP contribution in [0.15, 0.2) is 59.5 Å². The fourth-order valence-corrected chi connectivity index (χ4v) is 2.54. The van der Waals surface area contributed by atoms with Crippen molar-refractivity contribution >= 4 is 23.2 Å². The van der Waals surface area contributed by atoms with E-state index < -0.39 is 5.69 Å². The highest BCUT2D eigenvalue weighted by Crippen LogP contribution is 2.19. The standard InChI is InChI=1S/C18H15ClN4O2/c1-12-9-14(19)7-8-15(12)21-17(24)11-23-18(25)22-16(10-20-23)13-5-3-2-4-6-13/h2-10H,11H2,1H3,(H,21,24). The van der Waals surface area contributed by atoms with E-state index in [-0.39, 0.29) is 12.5 Å². The van der Waals surface area contributed by atoms with E-state index in [1.165, 1.54) is 6.20 Å². The van der Waals surface area contributed by atoms with Gasteiger partial charge < -0.3 is 5.32 Å². The van der Waals surface area contributed by atoms with Crippen LogP contribution in [0.2, 0.25) is 5.02 Å². The van der Waals surface area contributed by atoms with Crippen molar-refractivity contribution in [3.8, 4) is 11.3 Å². The summed E-state index contributed by atoms with van der Waals surface area (Å²) in [6.45, 7) is 1.62. The van der Waals surface area contributed by atoms with Gasteiger partial charge in [0.25, 0.3) is 0 Å². The molecule has 1 aromatic heterocycles. The van der Waals surface area contributed by atoms with Crippen molar-refractivity contribution in [2.24, 2.45) is 0 Å². The fourth-order valence-electron chi connectivity index (χ4n) is 2.31. The van der Waals surface area contributed by atoms with Crippen LogP contribution in [-0.2, 0) is 11.3 Å². The Morgan fingerprint density at radius 2 is 1.96 bits per heavy atom. The summed E-state index contributed by atoms with van der Waals surface area (Å²) in [6, 6.07) is 14.4. The highest BCUT2D eigenvalue weighted by molar-refractivity contribution is 6.30. The van der Waals surface area contributed by atoms with Crippen molar-refractivity contribution in [3.63, 3.8) is 0 Å². The number of hydrogen-bond acceptors (Lipinski definition) is 4. The van der Waals surface area contributed by atoms with Gasteiger partial charge in [-0.2, -0.15) is 10.1 Å². The van der Waals surface area contributed by atoms with Gasteiger partial charge in [0.15, 0.2) is 0 Å². The van der Waals surface area contributed by atoms with Crippen molar-refractivity contribution in [2.75, 3.05) is 5.32 Å². The molecule has 1 amide bonds. The molecule has 126 valence electrons. The van der Waals surface area contributed by atoms with Gasteiger partial charge in [-0.1, -0.05) is 41.9 Å². The van der Waals surface area contributed by atoms with Crippen molar-refractivity contribution < 1.29 is 4.79 Å². The maximum Gasteiger partial charge on any atom is 0.365 e. The van der Waals surface area contributed by atoms with Crippen LogP contribution in [0.1, 0.15) is 5.56 Å². The van der Waals surface area contributed by atoms with E-state index in [9.17, 15) is 9.59 Å². The Morgan fingerprint density at radius 3 is 2.64 bits per heavy atom. The normalized spacial score (nSPS) is 10.5. The Labute approximate surface area is 149 Å². The molecular formula is C18H15ClN4O2. The second-order valence-corrected chi connectivity index (χ2v) is 5.89. The number of benzene rings is 2. The molecule has 0 aliphatic carbocycles. The quantitative estimate of drug-likeness (QED) is 0.781. The van der Waals surface area contributed by atoms with Gasteiger partial charge in [-0.3, -0.25) is 4.79 Å². The van der Waals surface area contributed by atoms with E-state index in [0.29, 0.717) is 16.4 Å². The molecule has 7 heteroatoms. The third-order valence-electron chi connectivity index (χ3n) is 3.58. The molecule has 0 fully saturated rings. The number of carbonyl (C=O) groups excluding carboxylic acids is 1. The van der Waals surface area contributed by atoms with Gasteiger partial charge in [0.05, 0.1) is 11.9 Å². The van der Waals surface area contributed by atoms with Gasteiger partial charge in [-0.25, -0.2) is 9.48 Å². The number of rotatable bonds is 4. The number of amides is 1. The summed E-state index contributed by atoms with van der Waals surface area (Å²) in [6.07, 6.45) is 1.47. The van der Waals surface area contributed by atoms with E-state index in [1.54, 1.807) is 18.2 Å². The Morgan fingerprint density at radius 1 is 1.20 bits per heavy atom. The zero-order chi connectivity index (χ0) is 17.8. The zero-order valence-electron chi connectivity index (χ0n) is 13.4. The molecule has 2 aromatic carbocycles. The van der Waals surface area contributed by atoms with Crippen molar-refractivity contribution in [2.45, 2.75) is 13.5 Å². The van der Waals surface area contributed by atoms with Gasteiger partial charge in [0.1, 0.15) is 6.54 Å². The van der Waals surface area contributed by atoms with Gasteiger partial charge in [0, 0.05) is 16.3 Å². The number of carbonyl (C=O) groups is 1. The van der Waals surface area contributed by atoms with Crippen LogP contribution >= 0.6 is 11.6 Å². The molecule has 3 rings (SSSR count). The number of aryl methyl sites for hydroxylation is 1. The predicted octanol–water partition coefficient (Wildman–Crippen LogP) is 2.91. The van der Waals surface area contributed by atoms with E-state index in [4.69, 9.17) is 11.6 Å². The van der Waals surface area contributed by atoms with Crippen LogP contribution in [-0.4, -0.2) is 20.7 Å². The summed E-state index contributed by atoms with van der Waals surface area (Å²) in [7, 11) is 0. The summed E-state index contributed by atoms with van der Waals surface area (Å²) >= 11 is 5.89. The molecule has 6 nitrogen and oxygen atoms in total. The molecule has 0 aliphatic heterocycles. The van der Waals surface area contributed by atoms with Crippen molar-refractivity contribution in [3.05, 3.63) is 75.8 Å². The lowest BCUT2D eigenvalue weighted by Gasteiger charge is -2.09. The average Bonchev–Trinajstić information content (AvgIpc) is 2.60. The summed E-state index contributed by atoms with van der Waals surface area (Å²) in [5, 5.41) is 7.36. The van der Waals surface area contributed by atoms with Gasteiger partial charge in [-0.05, 0) is 30.7 Å². The molecule has 1 heterocycles. The van der Waals surface area contributed by atoms with Crippen LogP contribution < -0.4 is 11.0 Å². The lowest BCUT2D eigenvalue weighted by atomic mass is 10.2. The summed E-state index contributed by atoms with van der Waals surface area (Å²) in [5.74, 6) is -0.366. The molecule has 25 heavy (non-hydrogen) atoms. The number of nitrogens with zero attached hydrogens (tertiary/aromatic N) is 3. The second-order valence-electron chi connectivity index (χ2n) is 5.46. The average molecular weight is 355 g/mol. The number of anilines is 1. The first-order chi connectivity index (χ1) is 12.0. The van der Waals surface area contributed by atoms with Crippen molar-refractivity contribution in [1.29, 1.82) is 0 Å². The van der Waals surface area contributed by atoms with Crippen LogP contribution in [0.4, 0.5) is 5.69 Å². The Hall–Kier alpha value is -2.99. The molecule has 0 aliphatic rings. The zero-order valence-corrected chi connectivity index (χ0v) is 14.2. The number of nitrogens with one attached hydrogen (secondary N) is 1. The molecule has 0 saturated carbocycles. The molecular weight excluding hydrogens is 340 g/mol. The van der Waals surface area contributed by atoms with Gasteiger partial charge >= 0.3 is 5.69 Å². The maximum absolute atomic E-state index is 12.2. The number of hydrogen-bond donors (Lipinski definition) is 1. The van der Waals surface area contributed by atoms with E-state index in [0.717, 1.165) is 15.8 Å². The molecule has 0 saturated heterocycles. The fraction of sp³-hybridized carbons (Fsp3) is 0.111. The lowest BCUT2D eigenvalue weighted by Crippen LogP contribution is -2.31. The summed E-state index contributed by atoms with van der Waals surface area (Å²) in [4.78, 5) is 28.2. The largest absolute Gasteiger partial charge is 0.365 e. The third kappa shape index (κ3) is 4.10. The molecule has 0 radical (unpaired) electrons. The molecule has 0 unspecified atom stereocenters. The van der Waals surface area contributed by atoms with Crippen LogP contribution in [0.3, 0.4) is 0 Å². The second kappa shape index (κ2) is 7.27. The van der Waals surface area contributed by atoms with E-state index in [2.05, 4.69) is 15.4 Å². The maximum atomic E-state index is 12.2. The first-order valence-corrected chi connectivity index (χ1v) is 7.96. The highest BCUT2D eigenvalue weighted by Gasteiger charge is 2.10. The minimum absolute atomic E-state index is 0.219. The number of aromatic nitrogens is 3. The first-order valence-electron chi connectivity index (χ1n) is 7.58. The molecule has 1 N–H and O–H groups in total. The smallest absolute Gasteiger partial charge is 0.324 e. The Bertz CT molecular complexity index is 970. The van der Waals surface area contributed by atoms with E-state index in [1.807, 2.05) is 37.3 Å². The van der Waals surface area contributed by atoms with Crippen LogP contribution in [0.25, 0.3) is 11.3 Å². The molecule has 3 aromatic rings. The molecule has 0 atom stereocenters. The SMILES string of the molecule is Cc1cc(Cl)ccc1NC(=O)Cn1ncc(-c2ccccc2)nc1=O. The Balaban J connectivity index is 1.74. The summed E-state index contributed by atoms with van der Waals surface area (Å²) in [5.41, 5.74) is 2.15. The minimum atomic E-state index is -0.579. The topological polar surface area (TPSA) is 76.9 Å². The summed E-state index contributed by atoms with van der Waals surface area (Å²) < 4.78 is 1.02.